The topological polar surface area (TPSA) is 42.4 Å². The highest BCUT2D eigenvalue weighted by molar-refractivity contribution is 7.11. The van der Waals surface area contributed by atoms with Crippen molar-refractivity contribution in [2.45, 2.75) is 44.8 Å². The molecule has 0 aromatic carbocycles. The second-order valence-electron chi connectivity index (χ2n) is 4.01. The Bertz CT molecular complexity index is 307. The summed E-state index contributed by atoms with van der Waals surface area (Å²) in [5, 5.41) is 10.9. The third-order valence-corrected chi connectivity index (χ3v) is 3.77. The number of nitrogens with zero attached hydrogens (tertiary/aromatic N) is 1. The van der Waals surface area contributed by atoms with Gasteiger partial charge >= 0.3 is 0 Å². The van der Waals surface area contributed by atoms with Crippen LogP contribution in [-0.2, 0) is 4.74 Å². The SMILES string of the molecule is Cc1ncc(C(O)CCC2CCCO2)s1. The first kappa shape index (κ1) is 11.0. The second-order valence-corrected chi connectivity index (χ2v) is 5.28. The van der Waals surface area contributed by atoms with Crippen molar-refractivity contribution in [3.05, 3.63) is 16.1 Å². The number of thiazole rings is 1. The summed E-state index contributed by atoms with van der Waals surface area (Å²) in [6, 6.07) is 0. The number of hydrogen-bond acceptors (Lipinski definition) is 4. The van der Waals surface area contributed by atoms with Crippen molar-refractivity contribution in [3.8, 4) is 0 Å². The van der Waals surface area contributed by atoms with Gasteiger partial charge in [-0.25, -0.2) is 4.98 Å². The van der Waals surface area contributed by atoms with Gasteiger partial charge in [-0.15, -0.1) is 11.3 Å². The van der Waals surface area contributed by atoms with Gasteiger partial charge in [0.05, 0.1) is 22.1 Å². The lowest BCUT2D eigenvalue weighted by molar-refractivity contribution is 0.0820. The lowest BCUT2D eigenvalue weighted by Crippen LogP contribution is -2.07. The van der Waals surface area contributed by atoms with Crippen LogP contribution in [0.15, 0.2) is 6.20 Å². The van der Waals surface area contributed by atoms with Gasteiger partial charge in [0.1, 0.15) is 0 Å². The number of aliphatic hydroxyl groups is 1. The fourth-order valence-electron chi connectivity index (χ4n) is 1.89. The van der Waals surface area contributed by atoms with E-state index in [1.54, 1.807) is 17.5 Å². The molecule has 0 saturated carbocycles. The third kappa shape index (κ3) is 3.00. The molecule has 0 spiro atoms. The Balaban J connectivity index is 1.79. The van der Waals surface area contributed by atoms with E-state index in [1.807, 2.05) is 6.92 Å². The van der Waals surface area contributed by atoms with Crippen LogP contribution in [0.25, 0.3) is 0 Å². The molecule has 0 aliphatic carbocycles. The van der Waals surface area contributed by atoms with Crippen LogP contribution in [0.1, 0.15) is 41.7 Å². The molecule has 2 atom stereocenters. The minimum absolute atomic E-state index is 0.361. The highest BCUT2D eigenvalue weighted by atomic mass is 32.1. The van der Waals surface area contributed by atoms with Crippen LogP contribution >= 0.6 is 11.3 Å². The number of rotatable bonds is 4. The average molecular weight is 227 g/mol. The van der Waals surface area contributed by atoms with Crippen molar-refractivity contribution in [1.82, 2.24) is 4.98 Å². The highest BCUT2D eigenvalue weighted by Gasteiger charge is 2.18. The molecule has 2 unspecified atom stereocenters. The zero-order valence-electron chi connectivity index (χ0n) is 8.98. The summed E-state index contributed by atoms with van der Waals surface area (Å²) in [5.74, 6) is 0. The Hall–Kier alpha value is -0.450. The summed E-state index contributed by atoms with van der Waals surface area (Å²) in [4.78, 5) is 5.12. The Kier molecular flexibility index (Phi) is 3.72. The zero-order chi connectivity index (χ0) is 10.7. The van der Waals surface area contributed by atoms with E-state index in [0.717, 1.165) is 35.8 Å². The number of hydrogen-bond donors (Lipinski definition) is 1. The lowest BCUT2D eigenvalue weighted by Gasteiger charge is -2.11. The van der Waals surface area contributed by atoms with Gasteiger partial charge in [-0.3, -0.25) is 0 Å². The molecule has 1 aromatic rings. The normalized spacial score (nSPS) is 23.2. The van der Waals surface area contributed by atoms with E-state index in [2.05, 4.69) is 4.98 Å². The Morgan fingerprint density at radius 2 is 2.60 bits per heavy atom. The molecular weight excluding hydrogens is 210 g/mol. The molecule has 1 fully saturated rings. The van der Waals surface area contributed by atoms with Crippen LogP contribution in [0, 0.1) is 6.92 Å². The van der Waals surface area contributed by atoms with E-state index >= 15 is 0 Å². The molecule has 0 bridgehead atoms. The van der Waals surface area contributed by atoms with Crippen LogP contribution in [0.2, 0.25) is 0 Å². The number of aliphatic hydroxyl groups excluding tert-OH is 1. The first-order valence-corrected chi connectivity index (χ1v) is 6.29. The summed E-state index contributed by atoms with van der Waals surface area (Å²) in [5.41, 5.74) is 0. The predicted molar refractivity (Wildman–Crippen MR) is 60.0 cm³/mol. The number of aromatic nitrogens is 1. The molecular formula is C11H17NO2S. The molecule has 4 heteroatoms. The van der Waals surface area contributed by atoms with Crippen molar-refractivity contribution in [2.24, 2.45) is 0 Å². The lowest BCUT2D eigenvalue weighted by atomic mass is 10.1. The van der Waals surface area contributed by atoms with Gasteiger partial charge in [-0.1, -0.05) is 0 Å². The Morgan fingerprint density at radius 1 is 1.73 bits per heavy atom. The minimum Gasteiger partial charge on any atom is -0.388 e. The number of ether oxygens (including phenoxy) is 1. The quantitative estimate of drug-likeness (QED) is 0.859. The molecule has 1 aliphatic rings. The molecule has 2 heterocycles. The maximum Gasteiger partial charge on any atom is 0.0899 e. The van der Waals surface area contributed by atoms with E-state index in [4.69, 9.17) is 4.74 Å². The van der Waals surface area contributed by atoms with Crippen LogP contribution in [0.4, 0.5) is 0 Å². The summed E-state index contributed by atoms with van der Waals surface area (Å²) >= 11 is 1.58. The fraction of sp³-hybridized carbons (Fsp3) is 0.727. The zero-order valence-corrected chi connectivity index (χ0v) is 9.80. The van der Waals surface area contributed by atoms with Crippen LogP contribution < -0.4 is 0 Å². The molecule has 0 amide bonds. The summed E-state index contributed by atoms with van der Waals surface area (Å²) in [6.07, 6.45) is 5.84. The standard InChI is InChI=1S/C11H17NO2S/c1-8-12-7-11(15-8)10(13)5-4-9-3-2-6-14-9/h7,9-10,13H,2-6H2,1H3. The first-order valence-electron chi connectivity index (χ1n) is 5.47. The summed E-state index contributed by atoms with van der Waals surface area (Å²) in [6.45, 7) is 2.85. The summed E-state index contributed by atoms with van der Waals surface area (Å²) < 4.78 is 5.52. The van der Waals surface area contributed by atoms with Gasteiger partial charge in [0.15, 0.2) is 0 Å². The molecule has 15 heavy (non-hydrogen) atoms. The van der Waals surface area contributed by atoms with Gasteiger partial charge in [0, 0.05) is 12.8 Å². The van der Waals surface area contributed by atoms with E-state index in [-0.39, 0.29) is 6.10 Å². The van der Waals surface area contributed by atoms with E-state index < -0.39 is 0 Å². The number of aryl methyl sites for hydroxylation is 1. The van der Waals surface area contributed by atoms with E-state index in [9.17, 15) is 5.11 Å². The molecule has 3 nitrogen and oxygen atoms in total. The molecule has 0 radical (unpaired) electrons. The van der Waals surface area contributed by atoms with Crippen LogP contribution in [-0.4, -0.2) is 22.8 Å². The molecule has 1 aliphatic heterocycles. The van der Waals surface area contributed by atoms with E-state index in [1.165, 1.54) is 6.42 Å². The summed E-state index contributed by atoms with van der Waals surface area (Å²) in [7, 11) is 0. The maximum absolute atomic E-state index is 9.91. The van der Waals surface area contributed by atoms with Crippen molar-refractivity contribution in [2.75, 3.05) is 6.61 Å². The second kappa shape index (κ2) is 5.05. The smallest absolute Gasteiger partial charge is 0.0899 e. The first-order chi connectivity index (χ1) is 7.25. The van der Waals surface area contributed by atoms with E-state index in [0.29, 0.717) is 6.10 Å². The average Bonchev–Trinajstić information content (AvgIpc) is 2.84. The van der Waals surface area contributed by atoms with Crippen molar-refractivity contribution < 1.29 is 9.84 Å². The largest absolute Gasteiger partial charge is 0.388 e. The monoisotopic (exact) mass is 227 g/mol. The molecule has 1 saturated heterocycles. The van der Waals surface area contributed by atoms with Gasteiger partial charge in [-0.2, -0.15) is 0 Å². The minimum atomic E-state index is -0.361. The van der Waals surface area contributed by atoms with Gasteiger partial charge in [-0.05, 0) is 32.6 Å². The van der Waals surface area contributed by atoms with Crippen LogP contribution in [0.3, 0.4) is 0 Å². The van der Waals surface area contributed by atoms with Gasteiger partial charge in [0.2, 0.25) is 0 Å². The Morgan fingerprint density at radius 3 is 3.20 bits per heavy atom. The molecule has 1 N–H and O–H groups in total. The predicted octanol–water partition coefficient (Wildman–Crippen LogP) is 2.44. The van der Waals surface area contributed by atoms with Crippen molar-refractivity contribution in [1.29, 1.82) is 0 Å². The third-order valence-electron chi connectivity index (χ3n) is 2.75. The molecule has 84 valence electrons. The molecule has 2 rings (SSSR count). The highest BCUT2D eigenvalue weighted by Crippen LogP contribution is 2.26. The molecule has 1 aromatic heterocycles. The maximum atomic E-state index is 9.91. The Labute approximate surface area is 94.1 Å². The van der Waals surface area contributed by atoms with Crippen molar-refractivity contribution in [3.63, 3.8) is 0 Å². The van der Waals surface area contributed by atoms with Gasteiger partial charge < -0.3 is 9.84 Å². The van der Waals surface area contributed by atoms with Crippen molar-refractivity contribution >= 4 is 11.3 Å². The fourth-order valence-corrected chi connectivity index (χ4v) is 2.70. The van der Waals surface area contributed by atoms with Crippen LogP contribution in [0.5, 0.6) is 0 Å². The van der Waals surface area contributed by atoms with Gasteiger partial charge in [0.25, 0.3) is 0 Å².